The van der Waals surface area contributed by atoms with Gasteiger partial charge in [-0.15, -0.1) is 10.2 Å². The number of nitrogens with one attached hydrogen (secondary N) is 2. The molecular weight excluding hydrogens is 466 g/mol. The summed E-state index contributed by atoms with van der Waals surface area (Å²) in [6, 6.07) is 7.13. The van der Waals surface area contributed by atoms with E-state index in [-0.39, 0.29) is 17.5 Å². The van der Waals surface area contributed by atoms with Crippen LogP contribution in [0.5, 0.6) is 11.5 Å². The summed E-state index contributed by atoms with van der Waals surface area (Å²) in [5.41, 5.74) is -0.130. The summed E-state index contributed by atoms with van der Waals surface area (Å²) in [5, 5.41) is 14.4. The van der Waals surface area contributed by atoms with E-state index in [0.29, 0.717) is 29.1 Å². The number of amides is 3. The van der Waals surface area contributed by atoms with Crippen LogP contribution in [0.2, 0.25) is 0 Å². The molecule has 0 radical (unpaired) electrons. The Kier molecular flexibility index (Phi) is 5.66. The van der Waals surface area contributed by atoms with Crippen molar-refractivity contribution in [3.05, 3.63) is 30.1 Å². The maximum absolute atomic E-state index is 12.8. The number of aromatic nitrogens is 3. The Morgan fingerprint density at radius 2 is 1.74 bits per heavy atom. The topological polar surface area (TPSA) is 107 Å². The van der Waals surface area contributed by atoms with Crippen LogP contribution < -0.4 is 20.1 Å². The monoisotopic (exact) mass is 497 g/mol. The minimum Gasteiger partial charge on any atom is -0.485 e. The molecule has 10 heteroatoms. The molecule has 186 valence electrons. The van der Waals surface area contributed by atoms with Gasteiger partial charge >= 0.3 is 6.03 Å². The number of hydrogen-bond donors (Lipinski definition) is 2. The molecule has 2 atom stereocenters. The molecule has 4 fully saturated rings. The summed E-state index contributed by atoms with van der Waals surface area (Å²) < 4.78 is 13.6. The molecule has 9 nitrogen and oxygen atoms in total. The molecule has 5 aliphatic rings. The highest BCUT2D eigenvalue weighted by atomic mass is 32.2. The Morgan fingerprint density at radius 3 is 2.43 bits per heavy atom. The molecule has 2 unspecified atom stereocenters. The van der Waals surface area contributed by atoms with E-state index in [4.69, 9.17) is 9.47 Å². The average Bonchev–Trinajstić information content (AvgIpc) is 3.17. The van der Waals surface area contributed by atoms with E-state index in [1.54, 1.807) is 6.92 Å². The van der Waals surface area contributed by atoms with Gasteiger partial charge in [-0.2, -0.15) is 0 Å². The van der Waals surface area contributed by atoms with Crippen molar-refractivity contribution in [2.24, 2.45) is 24.8 Å². The number of nitrogens with zero attached hydrogens (tertiary/aromatic N) is 3. The molecule has 7 rings (SSSR count). The summed E-state index contributed by atoms with van der Waals surface area (Å²) in [6.45, 7) is 2.09. The first kappa shape index (κ1) is 22.7. The Hall–Kier alpha value is -2.75. The molecule has 1 aliphatic heterocycles. The van der Waals surface area contributed by atoms with Crippen molar-refractivity contribution in [2.75, 3.05) is 6.61 Å². The lowest BCUT2D eigenvalue weighted by atomic mass is 9.53. The van der Waals surface area contributed by atoms with E-state index in [1.165, 1.54) is 31.0 Å². The van der Waals surface area contributed by atoms with E-state index < -0.39 is 11.4 Å². The quantitative estimate of drug-likeness (QED) is 0.608. The molecule has 2 aromatic rings. The van der Waals surface area contributed by atoms with Crippen LogP contribution >= 0.6 is 11.8 Å². The van der Waals surface area contributed by atoms with Crippen molar-refractivity contribution in [3.63, 3.8) is 0 Å². The normalized spacial score (nSPS) is 31.1. The van der Waals surface area contributed by atoms with E-state index in [2.05, 4.69) is 20.8 Å². The van der Waals surface area contributed by atoms with Crippen LogP contribution in [0.4, 0.5) is 4.79 Å². The predicted octanol–water partition coefficient (Wildman–Crippen LogP) is 3.60. The van der Waals surface area contributed by atoms with Gasteiger partial charge in [-0.3, -0.25) is 10.1 Å². The second kappa shape index (κ2) is 8.72. The highest BCUT2D eigenvalue weighted by molar-refractivity contribution is 8.00. The lowest BCUT2D eigenvalue weighted by Gasteiger charge is -2.56. The fourth-order valence-corrected chi connectivity index (χ4v) is 7.64. The summed E-state index contributed by atoms with van der Waals surface area (Å²) in [7, 11) is 1.84. The van der Waals surface area contributed by atoms with Gasteiger partial charge < -0.3 is 19.4 Å². The molecule has 2 heterocycles. The van der Waals surface area contributed by atoms with Crippen molar-refractivity contribution in [1.82, 2.24) is 25.4 Å². The van der Waals surface area contributed by atoms with Crippen LogP contribution in [0.1, 0.15) is 57.4 Å². The summed E-state index contributed by atoms with van der Waals surface area (Å²) >= 11 is 1.26. The third kappa shape index (κ3) is 4.37. The van der Waals surface area contributed by atoms with Crippen molar-refractivity contribution in [2.45, 2.75) is 67.5 Å². The molecule has 4 bridgehead atoms. The van der Waals surface area contributed by atoms with Gasteiger partial charge in [0.05, 0.1) is 5.25 Å². The average molecular weight is 498 g/mol. The van der Waals surface area contributed by atoms with Crippen LogP contribution in [0.15, 0.2) is 29.4 Å². The number of fused-ring (bicyclic) bond motifs is 1. The van der Waals surface area contributed by atoms with Crippen LogP contribution in [-0.2, 0) is 11.8 Å². The number of benzene rings is 1. The highest BCUT2D eigenvalue weighted by Crippen LogP contribution is 2.55. The van der Waals surface area contributed by atoms with Crippen LogP contribution in [0.25, 0.3) is 0 Å². The highest BCUT2D eigenvalue weighted by Gasteiger charge is 2.51. The zero-order chi connectivity index (χ0) is 24.2. The number of imide groups is 1. The van der Waals surface area contributed by atoms with Gasteiger partial charge in [0.2, 0.25) is 5.91 Å². The third-order valence-corrected chi connectivity index (χ3v) is 9.10. The van der Waals surface area contributed by atoms with Gasteiger partial charge in [-0.1, -0.05) is 23.9 Å². The lowest BCUT2D eigenvalue weighted by molar-refractivity contribution is -0.119. The van der Waals surface area contributed by atoms with Crippen LogP contribution in [0.3, 0.4) is 0 Å². The van der Waals surface area contributed by atoms with Gasteiger partial charge in [0.25, 0.3) is 0 Å². The number of rotatable bonds is 5. The summed E-state index contributed by atoms with van der Waals surface area (Å²) in [4.78, 5) is 25.6. The first-order valence-corrected chi connectivity index (χ1v) is 13.3. The standard InChI is InChI=1S/C25H31N5O4S/c1-14(22(31)26-23(32)27-25-10-15-7-16(11-25)9-17(8-15)12-25)35-24-29-28-21(30(24)2)20-13-33-18-5-3-4-6-19(18)34-20/h3-6,14-17,20H,7-13H2,1-2H3,(H2,26,27,31,32). The lowest BCUT2D eigenvalue weighted by Crippen LogP contribution is -2.62. The Bertz CT molecular complexity index is 1120. The van der Waals surface area contributed by atoms with Crippen molar-refractivity contribution < 1.29 is 19.1 Å². The largest absolute Gasteiger partial charge is 0.485 e. The van der Waals surface area contributed by atoms with Gasteiger partial charge in [0.15, 0.2) is 28.6 Å². The fraction of sp³-hybridized carbons (Fsp3) is 0.600. The number of ether oxygens (including phenoxy) is 2. The van der Waals surface area contributed by atoms with Crippen molar-refractivity contribution in [1.29, 1.82) is 0 Å². The number of carbonyl (C=O) groups is 2. The SMILES string of the molecule is CC(Sc1nnc(C2COc3ccccc3O2)n1C)C(=O)NC(=O)NC12CC3CC(CC(C3)C1)C2. The second-order valence-electron chi connectivity index (χ2n) is 10.7. The molecule has 35 heavy (non-hydrogen) atoms. The fourth-order valence-electron chi connectivity index (χ4n) is 6.82. The molecule has 0 saturated heterocycles. The Morgan fingerprint density at radius 1 is 1.09 bits per heavy atom. The van der Waals surface area contributed by atoms with Gasteiger partial charge in [-0.25, -0.2) is 4.79 Å². The Balaban J connectivity index is 1.05. The zero-order valence-corrected chi connectivity index (χ0v) is 20.8. The smallest absolute Gasteiger partial charge is 0.321 e. The maximum atomic E-state index is 12.8. The second-order valence-corrected chi connectivity index (χ2v) is 12.0. The van der Waals surface area contributed by atoms with Crippen molar-refractivity contribution in [3.8, 4) is 11.5 Å². The van der Waals surface area contributed by atoms with Gasteiger partial charge in [0.1, 0.15) is 6.61 Å². The predicted molar refractivity (Wildman–Crippen MR) is 129 cm³/mol. The van der Waals surface area contributed by atoms with E-state index in [0.717, 1.165) is 37.0 Å². The van der Waals surface area contributed by atoms with E-state index in [1.807, 2.05) is 35.9 Å². The molecule has 3 amide bonds. The van der Waals surface area contributed by atoms with Crippen LogP contribution in [-0.4, -0.2) is 44.1 Å². The molecule has 2 N–H and O–H groups in total. The molecule has 1 aromatic carbocycles. The maximum Gasteiger partial charge on any atom is 0.321 e. The molecule has 1 aromatic heterocycles. The van der Waals surface area contributed by atoms with E-state index >= 15 is 0 Å². The third-order valence-electron chi connectivity index (χ3n) is 7.97. The first-order valence-electron chi connectivity index (χ1n) is 12.4. The number of carbonyl (C=O) groups excluding carboxylic acids is 2. The number of urea groups is 1. The minimum absolute atomic E-state index is 0.130. The Labute approximate surface area is 208 Å². The van der Waals surface area contributed by atoms with Gasteiger partial charge in [-0.05, 0) is 75.3 Å². The minimum atomic E-state index is -0.517. The first-order chi connectivity index (χ1) is 16.9. The molecular formula is C25H31N5O4S. The van der Waals surface area contributed by atoms with Gasteiger partial charge in [0, 0.05) is 12.6 Å². The van der Waals surface area contributed by atoms with E-state index in [9.17, 15) is 9.59 Å². The number of para-hydroxylation sites is 2. The van der Waals surface area contributed by atoms with Crippen molar-refractivity contribution >= 4 is 23.7 Å². The van der Waals surface area contributed by atoms with Crippen LogP contribution in [0, 0.1) is 17.8 Å². The molecule has 4 saturated carbocycles. The summed E-state index contributed by atoms with van der Waals surface area (Å²) in [5.74, 6) is 3.83. The number of hydrogen-bond acceptors (Lipinski definition) is 7. The zero-order valence-electron chi connectivity index (χ0n) is 20.0. The molecule has 0 spiro atoms. The molecule has 4 aliphatic carbocycles. The summed E-state index contributed by atoms with van der Waals surface area (Å²) in [6.07, 6.45) is 6.66. The number of thioether (sulfide) groups is 1.